The van der Waals surface area contributed by atoms with Gasteiger partial charge in [-0.3, -0.25) is 0 Å². The highest BCUT2D eigenvalue weighted by Crippen LogP contribution is 1.96. The molecule has 0 bridgehead atoms. The zero-order valence-electron chi connectivity index (χ0n) is 12.1. The van der Waals surface area contributed by atoms with E-state index < -0.39 is 0 Å². The molecule has 0 aromatic rings. The molecule has 0 radical (unpaired) electrons. The zero-order valence-corrected chi connectivity index (χ0v) is 12.1. The molecule has 0 fully saturated rings. The van der Waals surface area contributed by atoms with Crippen LogP contribution in [0.5, 0.6) is 0 Å². The standard InChI is InChI=1S/C13H30N2O2/c1-6-9-17-11-13(16)10-14(4)7-8-15(5)12(2)3/h12-13,16H,6-11H2,1-5H3. The minimum atomic E-state index is -0.379. The molecule has 0 aromatic carbocycles. The van der Waals surface area contributed by atoms with Gasteiger partial charge in [-0.1, -0.05) is 6.92 Å². The fourth-order valence-corrected chi connectivity index (χ4v) is 1.45. The number of rotatable bonds is 10. The molecule has 0 aliphatic rings. The van der Waals surface area contributed by atoms with Gasteiger partial charge in [-0.15, -0.1) is 0 Å². The highest BCUT2D eigenvalue weighted by molar-refractivity contribution is 4.64. The Hall–Kier alpha value is -0.160. The van der Waals surface area contributed by atoms with E-state index in [0.29, 0.717) is 19.2 Å². The molecule has 0 amide bonds. The van der Waals surface area contributed by atoms with Gasteiger partial charge in [-0.25, -0.2) is 0 Å². The molecule has 0 saturated carbocycles. The van der Waals surface area contributed by atoms with E-state index in [0.717, 1.165) is 26.1 Å². The van der Waals surface area contributed by atoms with Crippen LogP contribution in [0.4, 0.5) is 0 Å². The second-order valence-corrected chi connectivity index (χ2v) is 5.07. The number of aliphatic hydroxyl groups is 1. The van der Waals surface area contributed by atoms with Crippen molar-refractivity contribution in [3.63, 3.8) is 0 Å². The van der Waals surface area contributed by atoms with Crippen molar-refractivity contribution in [2.75, 3.05) is 46.9 Å². The Morgan fingerprint density at radius 2 is 1.82 bits per heavy atom. The first-order chi connectivity index (χ1) is 7.97. The lowest BCUT2D eigenvalue weighted by molar-refractivity contribution is 0.0198. The van der Waals surface area contributed by atoms with Crippen LogP contribution in [-0.4, -0.2) is 74.0 Å². The third-order valence-electron chi connectivity index (χ3n) is 2.90. The van der Waals surface area contributed by atoms with E-state index in [4.69, 9.17) is 4.74 Å². The van der Waals surface area contributed by atoms with Gasteiger partial charge in [0, 0.05) is 32.3 Å². The number of aliphatic hydroxyl groups excluding tert-OH is 1. The van der Waals surface area contributed by atoms with Gasteiger partial charge in [-0.2, -0.15) is 0 Å². The molecule has 104 valence electrons. The first-order valence-corrected chi connectivity index (χ1v) is 6.62. The quantitative estimate of drug-likeness (QED) is 0.584. The van der Waals surface area contributed by atoms with Crippen LogP contribution in [0.3, 0.4) is 0 Å². The Balaban J connectivity index is 3.59. The second-order valence-electron chi connectivity index (χ2n) is 5.07. The Morgan fingerprint density at radius 1 is 1.18 bits per heavy atom. The summed E-state index contributed by atoms with van der Waals surface area (Å²) in [6.45, 7) is 10.3. The smallest absolute Gasteiger partial charge is 0.0900 e. The molecule has 0 spiro atoms. The summed E-state index contributed by atoms with van der Waals surface area (Å²) >= 11 is 0. The first kappa shape index (κ1) is 16.8. The monoisotopic (exact) mass is 246 g/mol. The van der Waals surface area contributed by atoms with Gasteiger partial charge in [0.1, 0.15) is 0 Å². The molecule has 4 heteroatoms. The fourth-order valence-electron chi connectivity index (χ4n) is 1.45. The molecule has 0 aliphatic carbocycles. The summed E-state index contributed by atoms with van der Waals surface area (Å²) in [6, 6.07) is 0.571. The van der Waals surface area contributed by atoms with E-state index in [1.54, 1.807) is 0 Å². The molecule has 1 atom stereocenters. The summed E-state index contributed by atoms with van der Waals surface area (Å²) in [7, 11) is 4.16. The van der Waals surface area contributed by atoms with Gasteiger partial charge in [0.05, 0.1) is 12.7 Å². The van der Waals surface area contributed by atoms with Crippen molar-refractivity contribution in [1.82, 2.24) is 9.80 Å². The van der Waals surface area contributed by atoms with Crippen molar-refractivity contribution in [2.45, 2.75) is 39.3 Å². The van der Waals surface area contributed by atoms with Crippen molar-refractivity contribution in [3.05, 3.63) is 0 Å². The second kappa shape index (κ2) is 9.83. The van der Waals surface area contributed by atoms with Gasteiger partial charge in [-0.05, 0) is 34.4 Å². The normalized spacial score (nSPS) is 13.9. The molecule has 0 aromatic heterocycles. The maximum Gasteiger partial charge on any atom is 0.0900 e. The third-order valence-corrected chi connectivity index (χ3v) is 2.90. The summed E-state index contributed by atoms with van der Waals surface area (Å²) in [5.74, 6) is 0. The third kappa shape index (κ3) is 9.53. The molecule has 4 nitrogen and oxygen atoms in total. The van der Waals surface area contributed by atoms with Crippen molar-refractivity contribution in [3.8, 4) is 0 Å². The Morgan fingerprint density at radius 3 is 2.35 bits per heavy atom. The van der Waals surface area contributed by atoms with Crippen molar-refractivity contribution >= 4 is 0 Å². The van der Waals surface area contributed by atoms with Crippen molar-refractivity contribution in [2.24, 2.45) is 0 Å². The summed E-state index contributed by atoms with van der Waals surface area (Å²) < 4.78 is 5.32. The Kier molecular flexibility index (Phi) is 9.74. The average molecular weight is 246 g/mol. The molecule has 0 rings (SSSR count). The van der Waals surface area contributed by atoms with E-state index in [9.17, 15) is 5.11 Å². The van der Waals surface area contributed by atoms with Crippen LogP contribution in [0, 0.1) is 0 Å². The molecule has 17 heavy (non-hydrogen) atoms. The van der Waals surface area contributed by atoms with Gasteiger partial charge < -0.3 is 19.6 Å². The first-order valence-electron chi connectivity index (χ1n) is 6.62. The van der Waals surface area contributed by atoms with Crippen LogP contribution in [-0.2, 0) is 4.74 Å². The molecular weight excluding hydrogens is 216 g/mol. The lowest BCUT2D eigenvalue weighted by Crippen LogP contribution is -2.38. The maximum absolute atomic E-state index is 9.74. The van der Waals surface area contributed by atoms with E-state index in [1.807, 2.05) is 7.05 Å². The number of hydrogen-bond donors (Lipinski definition) is 1. The largest absolute Gasteiger partial charge is 0.389 e. The predicted molar refractivity (Wildman–Crippen MR) is 72.4 cm³/mol. The number of hydrogen-bond acceptors (Lipinski definition) is 4. The maximum atomic E-state index is 9.74. The van der Waals surface area contributed by atoms with Crippen LogP contribution in [0.1, 0.15) is 27.2 Å². The minimum Gasteiger partial charge on any atom is -0.389 e. The molecular formula is C13H30N2O2. The minimum absolute atomic E-state index is 0.379. The van der Waals surface area contributed by atoms with E-state index in [-0.39, 0.29) is 6.10 Å². The molecule has 0 saturated heterocycles. The van der Waals surface area contributed by atoms with Crippen molar-refractivity contribution < 1.29 is 9.84 Å². The van der Waals surface area contributed by atoms with Crippen LogP contribution in [0.2, 0.25) is 0 Å². The molecule has 1 N–H and O–H groups in total. The summed E-state index contributed by atoms with van der Waals surface area (Å²) in [5, 5.41) is 9.74. The van der Waals surface area contributed by atoms with Gasteiger partial charge in [0.25, 0.3) is 0 Å². The Bertz CT molecular complexity index is 177. The average Bonchev–Trinajstić information content (AvgIpc) is 2.26. The van der Waals surface area contributed by atoms with Crippen molar-refractivity contribution in [1.29, 1.82) is 0 Å². The van der Waals surface area contributed by atoms with Crippen LogP contribution < -0.4 is 0 Å². The summed E-state index contributed by atoms with van der Waals surface area (Å²) in [6.07, 6.45) is 0.623. The highest BCUT2D eigenvalue weighted by Gasteiger charge is 2.10. The van der Waals surface area contributed by atoms with Crippen LogP contribution >= 0.6 is 0 Å². The fraction of sp³-hybridized carbons (Fsp3) is 1.00. The number of likely N-dealkylation sites (N-methyl/N-ethyl adjacent to an activating group) is 2. The predicted octanol–water partition coefficient (Wildman–Crippen LogP) is 1.05. The van der Waals surface area contributed by atoms with E-state index in [1.165, 1.54) is 0 Å². The summed E-state index contributed by atoms with van der Waals surface area (Å²) in [5.41, 5.74) is 0. The number of nitrogens with zero attached hydrogens (tertiary/aromatic N) is 2. The van der Waals surface area contributed by atoms with Crippen LogP contribution in [0.25, 0.3) is 0 Å². The SMILES string of the molecule is CCCOCC(O)CN(C)CCN(C)C(C)C. The van der Waals surface area contributed by atoms with Crippen LogP contribution in [0.15, 0.2) is 0 Å². The number of ether oxygens (including phenoxy) is 1. The topological polar surface area (TPSA) is 35.9 Å². The van der Waals surface area contributed by atoms with E-state index >= 15 is 0 Å². The van der Waals surface area contributed by atoms with Gasteiger partial charge >= 0.3 is 0 Å². The lowest BCUT2D eigenvalue weighted by atomic mass is 10.3. The lowest BCUT2D eigenvalue weighted by Gasteiger charge is -2.26. The summed E-state index contributed by atoms with van der Waals surface area (Å²) in [4.78, 5) is 4.45. The zero-order chi connectivity index (χ0) is 13.3. The van der Waals surface area contributed by atoms with Gasteiger partial charge in [0.2, 0.25) is 0 Å². The molecule has 0 heterocycles. The molecule has 1 unspecified atom stereocenters. The highest BCUT2D eigenvalue weighted by atomic mass is 16.5. The van der Waals surface area contributed by atoms with E-state index in [2.05, 4.69) is 37.6 Å². The Labute approximate surface area is 107 Å². The molecule has 0 aliphatic heterocycles. The van der Waals surface area contributed by atoms with Gasteiger partial charge in [0.15, 0.2) is 0 Å².